The lowest BCUT2D eigenvalue weighted by atomic mass is 9.90. The Labute approximate surface area is 142 Å². The minimum Gasteiger partial charge on any atom is -0.264 e. The Kier molecular flexibility index (Phi) is 4.16. The van der Waals surface area contributed by atoms with Gasteiger partial charge in [-0.2, -0.15) is 5.26 Å². The zero-order chi connectivity index (χ0) is 17.4. The van der Waals surface area contributed by atoms with Crippen molar-refractivity contribution in [3.63, 3.8) is 0 Å². The Morgan fingerprint density at radius 3 is 2.46 bits per heavy atom. The monoisotopic (exact) mass is 341 g/mol. The van der Waals surface area contributed by atoms with Crippen molar-refractivity contribution < 1.29 is 8.42 Å². The summed E-state index contributed by atoms with van der Waals surface area (Å²) in [6, 6.07) is 11.5. The Hall–Kier alpha value is -2.23. The minimum absolute atomic E-state index is 0.137. The summed E-state index contributed by atoms with van der Waals surface area (Å²) in [4.78, 5) is 4.33. The first-order valence-corrected chi connectivity index (χ1v) is 9.43. The molecule has 1 fully saturated rings. The van der Waals surface area contributed by atoms with Gasteiger partial charge < -0.3 is 0 Å². The molecule has 124 valence electrons. The maximum Gasteiger partial charge on any atom is 0.211 e. The van der Waals surface area contributed by atoms with Crippen LogP contribution >= 0.6 is 0 Å². The predicted molar refractivity (Wildman–Crippen MR) is 92.5 cm³/mol. The highest BCUT2D eigenvalue weighted by atomic mass is 32.2. The summed E-state index contributed by atoms with van der Waals surface area (Å²) < 4.78 is 23.1. The van der Waals surface area contributed by atoms with Crippen molar-refractivity contribution in [3.8, 4) is 17.2 Å². The van der Waals surface area contributed by atoms with Gasteiger partial charge in [-0.15, -0.1) is 0 Å². The molecule has 6 heteroatoms. The van der Waals surface area contributed by atoms with E-state index in [2.05, 4.69) is 17.1 Å². The predicted octanol–water partition coefficient (Wildman–Crippen LogP) is 2.72. The number of hydrogen-bond donors (Lipinski definition) is 1. The third-order valence-corrected chi connectivity index (χ3v) is 6.08. The number of nitrogens with zero attached hydrogens (tertiary/aromatic N) is 2. The van der Waals surface area contributed by atoms with Crippen molar-refractivity contribution in [2.24, 2.45) is 5.14 Å². The first-order valence-electron chi connectivity index (χ1n) is 7.82. The lowest BCUT2D eigenvalue weighted by molar-refractivity contribution is 0.550. The van der Waals surface area contributed by atoms with Crippen LogP contribution in [-0.4, -0.2) is 18.7 Å². The Morgan fingerprint density at radius 1 is 1.25 bits per heavy atom. The molecule has 1 aliphatic carbocycles. The highest BCUT2D eigenvalue weighted by molar-refractivity contribution is 7.89. The average molecular weight is 341 g/mol. The van der Waals surface area contributed by atoms with Gasteiger partial charge in [0.25, 0.3) is 0 Å². The van der Waals surface area contributed by atoms with E-state index in [0.717, 1.165) is 29.5 Å². The van der Waals surface area contributed by atoms with Crippen LogP contribution in [0.3, 0.4) is 0 Å². The molecule has 0 bridgehead atoms. The van der Waals surface area contributed by atoms with Crippen LogP contribution in [0, 0.1) is 11.3 Å². The second-order valence-electron chi connectivity index (χ2n) is 6.54. The smallest absolute Gasteiger partial charge is 0.211 e. The van der Waals surface area contributed by atoms with Crippen molar-refractivity contribution in [1.82, 2.24) is 4.98 Å². The second kappa shape index (κ2) is 6.00. The van der Waals surface area contributed by atoms with Crippen molar-refractivity contribution in [1.29, 1.82) is 5.26 Å². The molecule has 0 amide bonds. The van der Waals surface area contributed by atoms with Gasteiger partial charge >= 0.3 is 0 Å². The number of nitriles is 1. The second-order valence-corrected chi connectivity index (χ2v) is 8.52. The zero-order valence-corrected chi connectivity index (χ0v) is 14.3. The summed E-state index contributed by atoms with van der Waals surface area (Å²) in [5.41, 5.74) is 3.48. The summed E-state index contributed by atoms with van der Waals surface area (Å²) in [6.07, 6.45) is 6.02. The van der Waals surface area contributed by atoms with Gasteiger partial charge in [-0.1, -0.05) is 12.1 Å². The molecule has 0 spiro atoms. The van der Waals surface area contributed by atoms with E-state index in [0.29, 0.717) is 12.0 Å². The summed E-state index contributed by atoms with van der Waals surface area (Å²) in [5.74, 6) is 0. The minimum atomic E-state index is -3.53. The molecule has 3 rings (SSSR count). The van der Waals surface area contributed by atoms with Crippen LogP contribution in [0.25, 0.3) is 11.1 Å². The molecule has 2 aromatic rings. The topological polar surface area (TPSA) is 96.8 Å². The number of nitrogens with two attached hydrogens (primary N) is 1. The molecule has 1 aromatic heterocycles. The number of aromatic nitrogens is 1. The molecule has 2 N–H and O–H groups in total. The van der Waals surface area contributed by atoms with Crippen molar-refractivity contribution in [2.75, 3.05) is 0 Å². The summed E-state index contributed by atoms with van der Waals surface area (Å²) in [6.45, 7) is 1.66. The van der Waals surface area contributed by atoms with Crippen LogP contribution in [0.2, 0.25) is 0 Å². The molecule has 1 aromatic carbocycles. The van der Waals surface area contributed by atoms with Gasteiger partial charge in [-0.25, -0.2) is 13.6 Å². The average Bonchev–Trinajstić information content (AvgIpc) is 3.35. The zero-order valence-electron chi connectivity index (χ0n) is 13.4. The van der Waals surface area contributed by atoms with Crippen LogP contribution in [0.1, 0.15) is 37.3 Å². The van der Waals surface area contributed by atoms with Gasteiger partial charge in [-0.3, -0.25) is 4.98 Å². The van der Waals surface area contributed by atoms with Crippen LogP contribution in [0.5, 0.6) is 0 Å². The maximum absolute atomic E-state index is 11.6. The Bertz CT molecular complexity index is 895. The normalized spacial score (nSPS) is 17.0. The lowest BCUT2D eigenvalue weighted by Gasteiger charge is -2.19. The first-order chi connectivity index (χ1) is 11.3. The number of benzene rings is 1. The van der Waals surface area contributed by atoms with Gasteiger partial charge in [0, 0.05) is 18.0 Å². The van der Waals surface area contributed by atoms with E-state index >= 15 is 0 Å². The van der Waals surface area contributed by atoms with Gasteiger partial charge in [0.1, 0.15) is 0 Å². The molecule has 1 heterocycles. The summed E-state index contributed by atoms with van der Waals surface area (Å²) in [7, 11) is -3.53. The Morgan fingerprint density at radius 2 is 1.92 bits per heavy atom. The van der Waals surface area contributed by atoms with Gasteiger partial charge in [0.2, 0.25) is 10.0 Å². The molecule has 1 saturated carbocycles. The standard InChI is InChI=1S/C18H19N3O2S/c1-13(24(20,22)23)9-18(6-7-18)17-8-16(11-21-12-17)15-4-2-14(10-19)3-5-15/h2-5,8,11-13H,6-7,9H2,1H3,(H2,20,22,23). The maximum atomic E-state index is 11.6. The number of pyridine rings is 1. The quantitative estimate of drug-likeness (QED) is 0.904. The summed E-state index contributed by atoms with van der Waals surface area (Å²) in [5, 5.41) is 13.6. The molecule has 1 atom stereocenters. The molecule has 0 saturated heterocycles. The third-order valence-electron chi connectivity index (χ3n) is 4.79. The fraction of sp³-hybridized carbons (Fsp3) is 0.333. The summed E-state index contributed by atoms with van der Waals surface area (Å²) >= 11 is 0. The van der Waals surface area contributed by atoms with E-state index < -0.39 is 15.3 Å². The SMILES string of the molecule is CC(CC1(c2cncc(-c3ccc(C#N)cc3)c2)CC1)S(N)(=O)=O. The van der Waals surface area contributed by atoms with E-state index in [4.69, 9.17) is 10.4 Å². The molecule has 1 aliphatic rings. The Balaban J connectivity index is 1.89. The molecule has 0 radical (unpaired) electrons. The van der Waals surface area contributed by atoms with Crippen molar-refractivity contribution in [2.45, 2.75) is 36.9 Å². The molecule has 1 unspecified atom stereocenters. The molecular weight excluding hydrogens is 322 g/mol. The van der Waals surface area contributed by atoms with Crippen LogP contribution < -0.4 is 5.14 Å². The molecule has 5 nitrogen and oxygen atoms in total. The van der Waals surface area contributed by atoms with E-state index in [1.165, 1.54) is 0 Å². The first kappa shape index (κ1) is 16.6. The number of hydrogen-bond acceptors (Lipinski definition) is 4. The fourth-order valence-electron chi connectivity index (χ4n) is 3.05. The number of primary sulfonamides is 1. The third kappa shape index (κ3) is 3.32. The van der Waals surface area contributed by atoms with Crippen LogP contribution in [0.15, 0.2) is 42.7 Å². The van der Waals surface area contributed by atoms with E-state index in [-0.39, 0.29) is 5.41 Å². The van der Waals surface area contributed by atoms with Crippen molar-refractivity contribution in [3.05, 3.63) is 53.9 Å². The number of rotatable bonds is 5. The van der Waals surface area contributed by atoms with Gasteiger partial charge in [0.15, 0.2) is 0 Å². The van der Waals surface area contributed by atoms with E-state index in [1.54, 1.807) is 25.3 Å². The highest BCUT2D eigenvalue weighted by Gasteiger charge is 2.46. The molecule has 24 heavy (non-hydrogen) atoms. The highest BCUT2D eigenvalue weighted by Crippen LogP contribution is 2.52. The van der Waals surface area contributed by atoms with Crippen LogP contribution in [-0.2, 0) is 15.4 Å². The molecular formula is C18H19N3O2S. The van der Waals surface area contributed by atoms with Crippen LogP contribution in [0.4, 0.5) is 0 Å². The van der Waals surface area contributed by atoms with Gasteiger partial charge in [0.05, 0.1) is 16.9 Å². The van der Waals surface area contributed by atoms with E-state index in [1.807, 2.05) is 18.3 Å². The molecule has 0 aliphatic heterocycles. The van der Waals surface area contributed by atoms with Gasteiger partial charge in [-0.05, 0) is 60.9 Å². The van der Waals surface area contributed by atoms with Crippen molar-refractivity contribution >= 4 is 10.0 Å². The fourth-order valence-corrected chi connectivity index (χ4v) is 3.60. The lowest BCUT2D eigenvalue weighted by Crippen LogP contribution is -2.29. The number of sulfonamides is 1. The largest absolute Gasteiger partial charge is 0.264 e. The van der Waals surface area contributed by atoms with E-state index in [9.17, 15) is 8.42 Å².